The van der Waals surface area contributed by atoms with Gasteiger partial charge < -0.3 is 18.9 Å². The van der Waals surface area contributed by atoms with Crippen LogP contribution in [0.5, 0.6) is 6.01 Å². The van der Waals surface area contributed by atoms with Crippen molar-refractivity contribution in [3.8, 4) is 28.5 Å². The standard InChI is InChI=1S/C35H42N8O12/c1-6-50-33-36-28-13-9-12-27(29(28)41(33)20-23-14-16-24(17-15-23)25-10-7-8-11-26(25)31-37-39-40-38-31)32(44)52-35(4,5)53-34(45)51-19-18-21(2)30(55-43(48)49)22(3)54-42(46)47/h7-17,21-22,30,46-49H,6,18-20H2,1-5H3,(H,37,38,39,40)/t21?,22-,30-/m1/s1. The Morgan fingerprint density at radius 2 is 1.62 bits per heavy atom. The first-order valence-corrected chi connectivity index (χ1v) is 17.1. The maximum atomic E-state index is 13.7. The summed E-state index contributed by atoms with van der Waals surface area (Å²) in [4.78, 5) is 40.5. The number of hydrogen-bond donors (Lipinski definition) is 5. The predicted molar refractivity (Wildman–Crippen MR) is 187 cm³/mol. The zero-order chi connectivity index (χ0) is 39.7. The van der Waals surface area contributed by atoms with Crippen LogP contribution in [0.3, 0.4) is 0 Å². The molecular formula is C35H42N8O12. The Bertz CT molecular complexity index is 2020. The molecule has 0 saturated carbocycles. The molecule has 2 heterocycles. The number of ether oxygens (including phenoxy) is 4. The number of aromatic amines is 1. The van der Waals surface area contributed by atoms with Gasteiger partial charge in [-0.3, -0.25) is 25.4 Å². The van der Waals surface area contributed by atoms with E-state index in [0.29, 0.717) is 29.5 Å². The summed E-state index contributed by atoms with van der Waals surface area (Å²) in [5.74, 6) is -2.69. The highest BCUT2D eigenvalue weighted by Crippen LogP contribution is 2.32. The number of carbonyl (C=O) groups excluding carboxylic acids is 2. The van der Waals surface area contributed by atoms with Gasteiger partial charge in [0, 0.05) is 19.4 Å². The van der Waals surface area contributed by atoms with Crippen LogP contribution in [0.4, 0.5) is 4.79 Å². The minimum absolute atomic E-state index is 0.0861. The second kappa shape index (κ2) is 18.2. The minimum Gasteiger partial charge on any atom is -0.465 e. The van der Waals surface area contributed by atoms with E-state index in [1.165, 1.54) is 20.8 Å². The average Bonchev–Trinajstić information content (AvgIpc) is 3.79. The highest BCUT2D eigenvalue weighted by atomic mass is 17.1. The van der Waals surface area contributed by atoms with E-state index in [-0.39, 0.29) is 25.1 Å². The van der Waals surface area contributed by atoms with Crippen molar-refractivity contribution in [1.29, 1.82) is 0 Å². The van der Waals surface area contributed by atoms with Gasteiger partial charge in [-0.05, 0) is 60.2 Å². The number of rotatable bonds is 18. The molecule has 2 aromatic heterocycles. The molecule has 0 aliphatic heterocycles. The molecule has 0 bridgehead atoms. The number of imidazole rings is 1. The van der Waals surface area contributed by atoms with Crippen LogP contribution in [0.1, 0.15) is 57.0 Å². The number of nitrogens with zero attached hydrogens (tertiary/aromatic N) is 7. The van der Waals surface area contributed by atoms with Gasteiger partial charge in [0.25, 0.3) is 11.8 Å². The molecule has 3 atom stereocenters. The van der Waals surface area contributed by atoms with Crippen LogP contribution in [-0.2, 0) is 30.4 Å². The lowest BCUT2D eigenvalue weighted by atomic mass is 9.97. The maximum Gasteiger partial charge on any atom is 0.511 e. The lowest BCUT2D eigenvalue weighted by molar-refractivity contribution is -0.539. The average molecular weight is 767 g/mol. The van der Waals surface area contributed by atoms with Crippen LogP contribution < -0.4 is 4.74 Å². The molecule has 55 heavy (non-hydrogen) atoms. The summed E-state index contributed by atoms with van der Waals surface area (Å²) in [6, 6.07) is 20.9. The molecule has 0 aliphatic rings. The third kappa shape index (κ3) is 10.6. The number of tetrazole rings is 1. The van der Waals surface area contributed by atoms with Gasteiger partial charge in [0.1, 0.15) is 12.2 Å². The largest absolute Gasteiger partial charge is 0.511 e. The van der Waals surface area contributed by atoms with Gasteiger partial charge >= 0.3 is 12.1 Å². The third-order valence-electron chi connectivity index (χ3n) is 8.30. The molecule has 5 N–H and O–H groups in total. The normalized spacial score (nSPS) is 13.5. The summed E-state index contributed by atoms with van der Waals surface area (Å²) in [6.45, 7) is 7.91. The lowest BCUT2D eigenvalue weighted by Crippen LogP contribution is -2.42. The van der Waals surface area contributed by atoms with Crippen molar-refractivity contribution in [3.05, 3.63) is 77.9 Å². The zero-order valence-corrected chi connectivity index (χ0v) is 30.6. The number of esters is 1. The number of fused-ring (bicyclic) bond motifs is 1. The first kappa shape index (κ1) is 40.6. The monoisotopic (exact) mass is 766 g/mol. The number of carbonyl (C=O) groups is 2. The first-order chi connectivity index (χ1) is 26.3. The van der Waals surface area contributed by atoms with Crippen molar-refractivity contribution in [1.82, 2.24) is 41.0 Å². The molecule has 20 nitrogen and oxygen atoms in total. The SMILES string of the molecule is CCOc1nc2cccc(C(=O)OC(C)(C)OC(=O)OCCC(C)[C@@H](ON(O)O)[C@@H](C)ON(O)O)c2n1Cc1ccc(-c2ccccc2-c2nn[nH]n2)cc1. The van der Waals surface area contributed by atoms with Gasteiger partial charge in [-0.2, -0.15) is 10.2 Å². The molecule has 0 saturated heterocycles. The van der Waals surface area contributed by atoms with Crippen LogP contribution in [0.25, 0.3) is 33.5 Å². The number of aromatic nitrogens is 6. The Morgan fingerprint density at radius 1 is 0.909 bits per heavy atom. The van der Waals surface area contributed by atoms with Crippen molar-refractivity contribution in [2.45, 2.75) is 65.6 Å². The number of para-hydroxylation sites is 1. The Hall–Kier alpha value is -5.58. The van der Waals surface area contributed by atoms with Gasteiger partial charge in [0.15, 0.2) is 0 Å². The van der Waals surface area contributed by atoms with Crippen molar-refractivity contribution in [2.75, 3.05) is 13.2 Å². The summed E-state index contributed by atoms with van der Waals surface area (Å²) in [6.07, 6.45) is -3.28. The van der Waals surface area contributed by atoms with Crippen LogP contribution >= 0.6 is 0 Å². The molecule has 0 aliphatic carbocycles. The van der Waals surface area contributed by atoms with E-state index < -0.39 is 46.8 Å². The Labute approximate surface area is 314 Å². The molecular weight excluding hydrogens is 724 g/mol. The first-order valence-electron chi connectivity index (χ1n) is 17.1. The van der Waals surface area contributed by atoms with Gasteiger partial charge in [-0.15, -0.1) is 10.2 Å². The smallest absolute Gasteiger partial charge is 0.465 e. The van der Waals surface area contributed by atoms with Gasteiger partial charge in [-0.1, -0.05) is 61.5 Å². The predicted octanol–water partition coefficient (Wildman–Crippen LogP) is 5.18. The fourth-order valence-corrected chi connectivity index (χ4v) is 5.88. The molecule has 0 amide bonds. The molecule has 294 valence electrons. The van der Waals surface area contributed by atoms with Crippen molar-refractivity contribution < 1.29 is 59.0 Å². The molecule has 0 fully saturated rings. The Kier molecular flexibility index (Phi) is 13.4. The molecule has 20 heteroatoms. The molecule has 5 aromatic rings. The van der Waals surface area contributed by atoms with Crippen molar-refractivity contribution in [3.63, 3.8) is 0 Å². The molecule has 1 unspecified atom stereocenters. The third-order valence-corrected chi connectivity index (χ3v) is 8.30. The second-order valence-electron chi connectivity index (χ2n) is 12.7. The topological polar surface area (TPSA) is 249 Å². The number of benzene rings is 3. The van der Waals surface area contributed by atoms with Crippen LogP contribution in [0.15, 0.2) is 66.7 Å². The number of H-pyrrole nitrogens is 1. The van der Waals surface area contributed by atoms with Crippen molar-refractivity contribution >= 4 is 23.2 Å². The van der Waals surface area contributed by atoms with E-state index in [2.05, 4.69) is 30.4 Å². The van der Waals surface area contributed by atoms with Gasteiger partial charge in [0.05, 0.1) is 47.1 Å². The molecule has 3 aromatic carbocycles. The van der Waals surface area contributed by atoms with E-state index >= 15 is 0 Å². The zero-order valence-electron chi connectivity index (χ0n) is 30.6. The summed E-state index contributed by atoms with van der Waals surface area (Å²) in [5, 5.41) is 49.4. The fourth-order valence-electron chi connectivity index (χ4n) is 5.88. The molecule has 0 spiro atoms. The van der Waals surface area contributed by atoms with Gasteiger partial charge in [-0.25, -0.2) is 19.3 Å². The van der Waals surface area contributed by atoms with E-state index in [1.807, 2.05) is 55.5 Å². The highest BCUT2D eigenvalue weighted by Gasteiger charge is 2.33. The lowest BCUT2D eigenvalue weighted by Gasteiger charge is -2.29. The van der Waals surface area contributed by atoms with Crippen LogP contribution in [-0.4, -0.2) is 105 Å². The highest BCUT2D eigenvalue weighted by molar-refractivity contribution is 6.02. The van der Waals surface area contributed by atoms with Crippen molar-refractivity contribution in [2.24, 2.45) is 5.92 Å². The van der Waals surface area contributed by atoms with E-state index in [9.17, 15) is 9.59 Å². The Balaban J connectivity index is 1.27. The Morgan fingerprint density at radius 3 is 2.27 bits per heavy atom. The number of hydrogen-bond acceptors (Lipinski definition) is 18. The number of nitrogens with one attached hydrogen (secondary N) is 1. The minimum atomic E-state index is -1.78. The fraction of sp³-hybridized carbons (Fsp3) is 0.371. The van der Waals surface area contributed by atoms with E-state index in [1.54, 1.807) is 29.7 Å². The van der Waals surface area contributed by atoms with Gasteiger partial charge in [0.2, 0.25) is 5.82 Å². The molecule has 5 rings (SSSR count). The second-order valence-corrected chi connectivity index (χ2v) is 12.7. The summed E-state index contributed by atoms with van der Waals surface area (Å²) < 4.78 is 23.8. The van der Waals surface area contributed by atoms with Crippen LogP contribution in [0.2, 0.25) is 0 Å². The van der Waals surface area contributed by atoms with E-state index in [4.69, 9.17) is 44.6 Å². The summed E-state index contributed by atoms with van der Waals surface area (Å²) in [5.41, 5.74) is 4.64. The summed E-state index contributed by atoms with van der Waals surface area (Å²) >= 11 is 0. The quantitative estimate of drug-likeness (QED) is 0.0437. The molecule has 0 radical (unpaired) electrons. The maximum absolute atomic E-state index is 13.7. The summed E-state index contributed by atoms with van der Waals surface area (Å²) in [7, 11) is 0. The van der Waals surface area contributed by atoms with E-state index in [0.717, 1.165) is 22.3 Å². The van der Waals surface area contributed by atoms with Crippen LogP contribution in [0, 0.1) is 5.92 Å².